The highest BCUT2D eigenvalue weighted by molar-refractivity contribution is 6.32. The molecule has 7 nitrogen and oxygen atoms in total. The van der Waals surface area contributed by atoms with Crippen LogP contribution in [0.4, 0.5) is 5.69 Å². The van der Waals surface area contributed by atoms with Crippen molar-refractivity contribution >= 4 is 28.9 Å². The third-order valence-electron chi connectivity index (χ3n) is 1.99. The van der Waals surface area contributed by atoms with Crippen LogP contribution >= 0.6 is 23.2 Å². The van der Waals surface area contributed by atoms with E-state index in [9.17, 15) is 10.1 Å². The maximum atomic E-state index is 10.8. The number of nitro groups is 1. The second kappa shape index (κ2) is 4.27. The van der Waals surface area contributed by atoms with Crippen LogP contribution in [0.2, 0.25) is 10.3 Å². The molecule has 17 heavy (non-hydrogen) atoms. The molecule has 0 saturated carbocycles. The predicted molar refractivity (Wildman–Crippen MR) is 60.6 cm³/mol. The van der Waals surface area contributed by atoms with Crippen LogP contribution in [-0.2, 0) is 0 Å². The van der Waals surface area contributed by atoms with Gasteiger partial charge in [0, 0.05) is 0 Å². The SMILES string of the molecule is Cc1nn(-c2ccc(Cl)nn2)c(Cl)c1[N+](=O)[O-]. The fourth-order valence-electron chi connectivity index (χ4n) is 1.27. The molecule has 0 aliphatic rings. The molecule has 0 aliphatic carbocycles. The lowest BCUT2D eigenvalue weighted by Gasteiger charge is -1.99. The molecule has 0 atom stereocenters. The monoisotopic (exact) mass is 273 g/mol. The Morgan fingerprint density at radius 1 is 1.35 bits per heavy atom. The average molecular weight is 274 g/mol. The topological polar surface area (TPSA) is 86.7 Å². The van der Waals surface area contributed by atoms with E-state index in [1.807, 2.05) is 0 Å². The molecule has 0 radical (unpaired) electrons. The minimum atomic E-state index is -0.593. The number of hydrogen-bond acceptors (Lipinski definition) is 5. The summed E-state index contributed by atoms with van der Waals surface area (Å²) in [5.74, 6) is 0.260. The summed E-state index contributed by atoms with van der Waals surface area (Å²) in [5.41, 5.74) is -0.0415. The van der Waals surface area contributed by atoms with E-state index < -0.39 is 4.92 Å². The number of aromatic nitrogens is 4. The van der Waals surface area contributed by atoms with Crippen molar-refractivity contribution in [2.75, 3.05) is 0 Å². The van der Waals surface area contributed by atoms with Gasteiger partial charge < -0.3 is 0 Å². The van der Waals surface area contributed by atoms with Crippen LogP contribution in [0, 0.1) is 17.0 Å². The van der Waals surface area contributed by atoms with Gasteiger partial charge in [-0.1, -0.05) is 23.2 Å². The third-order valence-corrected chi connectivity index (χ3v) is 2.53. The summed E-state index contributed by atoms with van der Waals surface area (Å²) in [4.78, 5) is 10.2. The predicted octanol–water partition coefficient (Wildman–Crippen LogP) is 2.19. The minimum Gasteiger partial charge on any atom is -0.258 e. The van der Waals surface area contributed by atoms with Gasteiger partial charge in [0.1, 0.15) is 5.69 Å². The van der Waals surface area contributed by atoms with Gasteiger partial charge in [-0.2, -0.15) is 9.78 Å². The largest absolute Gasteiger partial charge is 0.329 e. The van der Waals surface area contributed by atoms with Crippen molar-refractivity contribution in [3.05, 3.63) is 38.2 Å². The molecule has 88 valence electrons. The molecule has 2 rings (SSSR count). The molecule has 2 heterocycles. The quantitative estimate of drug-likeness (QED) is 0.618. The van der Waals surface area contributed by atoms with Gasteiger partial charge >= 0.3 is 5.69 Å². The van der Waals surface area contributed by atoms with Crippen molar-refractivity contribution < 1.29 is 4.92 Å². The summed E-state index contributed by atoms with van der Waals surface area (Å²) in [6.07, 6.45) is 0. The molecular formula is C8H5Cl2N5O2. The van der Waals surface area contributed by atoms with Gasteiger partial charge in [-0.15, -0.1) is 10.2 Å². The first kappa shape index (κ1) is 11.7. The van der Waals surface area contributed by atoms with E-state index >= 15 is 0 Å². The van der Waals surface area contributed by atoms with Crippen molar-refractivity contribution in [3.8, 4) is 5.82 Å². The maximum absolute atomic E-state index is 10.8. The molecule has 0 unspecified atom stereocenters. The fraction of sp³-hybridized carbons (Fsp3) is 0.125. The smallest absolute Gasteiger partial charge is 0.258 e. The molecule has 0 aromatic carbocycles. The van der Waals surface area contributed by atoms with E-state index in [1.54, 1.807) is 0 Å². The minimum absolute atomic E-state index is 0.121. The van der Waals surface area contributed by atoms with Crippen molar-refractivity contribution in [1.29, 1.82) is 0 Å². The summed E-state index contributed by atoms with van der Waals surface area (Å²) >= 11 is 11.4. The number of halogens is 2. The van der Waals surface area contributed by atoms with Crippen LogP contribution in [0.5, 0.6) is 0 Å². The molecule has 0 bridgehead atoms. The fourth-order valence-corrected chi connectivity index (χ4v) is 1.70. The van der Waals surface area contributed by atoms with Crippen LogP contribution in [0.1, 0.15) is 5.69 Å². The van der Waals surface area contributed by atoms with Crippen LogP contribution in [0.25, 0.3) is 5.82 Å². The summed E-state index contributed by atoms with van der Waals surface area (Å²) in [6.45, 7) is 1.49. The van der Waals surface area contributed by atoms with E-state index in [2.05, 4.69) is 15.3 Å². The van der Waals surface area contributed by atoms with Crippen molar-refractivity contribution in [2.24, 2.45) is 0 Å². The first-order chi connectivity index (χ1) is 8.00. The standard InChI is InChI=1S/C8H5Cl2N5O2/c1-4-7(15(16)17)8(10)14(13-4)6-3-2-5(9)11-12-6/h2-3H,1H3. The van der Waals surface area contributed by atoms with Gasteiger partial charge in [0.2, 0.25) is 5.15 Å². The molecule has 9 heteroatoms. The zero-order valence-electron chi connectivity index (χ0n) is 8.46. The lowest BCUT2D eigenvalue weighted by molar-refractivity contribution is -0.385. The van der Waals surface area contributed by atoms with E-state index in [0.717, 1.165) is 4.68 Å². The number of nitrogens with zero attached hydrogens (tertiary/aromatic N) is 5. The Morgan fingerprint density at radius 3 is 2.53 bits per heavy atom. The molecule has 0 aliphatic heterocycles. The highest BCUT2D eigenvalue weighted by Crippen LogP contribution is 2.29. The van der Waals surface area contributed by atoms with Gasteiger partial charge in [-0.05, 0) is 19.1 Å². The number of rotatable bonds is 2. The normalized spacial score (nSPS) is 10.5. The maximum Gasteiger partial charge on any atom is 0.329 e. The van der Waals surface area contributed by atoms with Gasteiger partial charge in [0.05, 0.1) is 4.92 Å². The summed E-state index contributed by atoms with van der Waals surface area (Å²) in [5, 5.41) is 22.1. The highest BCUT2D eigenvalue weighted by Gasteiger charge is 2.25. The summed E-state index contributed by atoms with van der Waals surface area (Å²) in [7, 11) is 0. The molecule has 0 N–H and O–H groups in total. The van der Waals surface area contributed by atoms with E-state index in [-0.39, 0.29) is 27.5 Å². The van der Waals surface area contributed by atoms with Gasteiger partial charge in [0.15, 0.2) is 11.0 Å². The number of aryl methyl sites for hydroxylation is 1. The van der Waals surface area contributed by atoms with Crippen molar-refractivity contribution in [1.82, 2.24) is 20.0 Å². The van der Waals surface area contributed by atoms with Crippen molar-refractivity contribution in [2.45, 2.75) is 6.92 Å². The zero-order chi connectivity index (χ0) is 12.6. The van der Waals surface area contributed by atoms with Gasteiger partial charge in [-0.25, -0.2) is 0 Å². The highest BCUT2D eigenvalue weighted by atomic mass is 35.5. The Kier molecular flexibility index (Phi) is 2.95. The second-order valence-corrected chi connectivity index (χ2v) is 3.85. The first-order valence-electron chi connectivity index (χ1n) is 4.40. The molecule has 0 spiro atoms. The Hall–Kier alpha value is -1.73. The van der Waals surface area contributed by atoms with Crippen molar-refractivity contribution in [3.63, 3.8) is 0 Å². The Bertz CT molecular complexity index is 580. The molecule has 0 fully saturated rings. The Balaban J connectivity index is 2.57. The van der Waals surface area contributed by atoms with Gasteiger partial charge in [-0.3, -0.25) is 10.1 Å². The molecule has 2 aromatic heterocycles. The van der Waals surface area contributed by atoms with E-state index in [0.29, 0.717) is 0 Å². The van der Waals surface area contributed by atoms with Crippen LogP contribution in [0.15, 0.2) is 12.1 Å². The molecule has 0 amide bonds. The van der Waals surface area contributed by atoms with Crippen LogP contribution in [0.3, 0.4) is 0 Å². The van der Waals surface area contributed by atoms with Gasteiger partial charge in [0.25, 0.3) is 0 Å². The summed E-state index contributed by atoms with van der Waals surface area (Å²) in [6, 6.07) is 3.00. The summed E-state index contributed by atoms with van der Waals surface area (Å²) < 4.78 is 1.14. The Morgan fingerprint density at radius 2 is 2.06 bits per heavy atom. The van der Waals surface area contributed by atoms with Crippen LogP contribution < -0.4 is 0 Å². The average Bonchev–Trinajstić information content (AvgIpc) is 2.55. The van der Waals surface area contributed by atoms with E-state index in [1.165, 1.54) is 19.1 Å². The molecular weight excluding hydrogens is 269 g/mol. The zero-order valence-corrected chi connectivity index (χ0v) is 9.98. The lowest BCUT2D eigenvalue weighted by Crippen LogP contribution is -2.01. The second-order valence-electron chi connectivity index (χ2n) is 3.11. The molecule has 2 aromatic rings. The third kappa shape index (κ3) is 2.06. The first-order valence-corrected chi connectivity index (χ1v) is 5.15. The lowest BCUT2D eigenvalue weighted by atomic mass is 10.4. The Labute approximate surface area is 105 Å². The molecule has 0 saturated heterocycles. The van der Waals surface area contributed by atoms with Crippen LogP contribution in [-0.4, -0.2) is 24.9 Å². The van der Waals surface area contributed by atoms with E-state index in [4.69, 9.17) is 23.2 Å². The number of hydrogen-bond donors (Lipinski definition) is 0.